The molecule has 0 aromatic heterocycles. The van der Waals surface area contributed by atoms with Crippen molar-refractivity contribution in [1.82, 2.24) is 0 Å². The van der Waals surface area contributed by atoms with E-state index in [-0.39, 0.29) is 4.58 Å². The third kappa shape index (κ3) is 7.62. The number of para-hydroxylation sites is 1. The number of ether oxygens (including phenoxy) is 1. The Balaban J connectivity index is 1.37. The van der Waals surface area contributed by atoms with E-state index in [4.69, 9.17) is 9.73 Å². The monoisotopic (exact) mass is 545 g/mol. The molecule has 0 saturated carbocycles. The molecule has 2 nitrogen and oxygen atoms in total. The number of hydrogen-bond donors (Lipinski definition) is 0. The summed E-state index contributed by atoms with van der Waals surface area (Å²) in [6.07, 6.45) is 4.26. The van der Waals surface area contributed by atoms with Gasteiger partial charge in [-0.3, -0.25) is 0 Å². The van der Waals surface area contributed by atoms with Crippen LogP contribution in [0.25, 0.3) is 0 Å². The molecule has 4 aromatic carbocycles. The Bertz CT molecular complexity index is 1220. The highest BCUT2D eigenvalue weighted by Gasteiger charge is 2.19. The Morgan fingerprint density at radius 2 is 1.28 bits per heavy atom. The van der Waals surface area contributed by atoms with Gasteiger partial charge in [-0.05, 0) is 78.9 Å². The second-order valence-corrected chi connectivity index (χ2v) is 13.6. The van der Waals surface area contributed by atoms with E-state index in [0.29, 0.717) is 6.42 Å². The Morgan fingerprint density at radius 3 is 1.92 bits per heavy atom. The Hall–Kier alpha value is -2.25. The summed E-state index contributed by atoms with van der Waals surface area (Å²) in [4.78, 5) is 7.53. The molecule has 0 amide bonds. The lowest BCUT2D eigenvalue weighted by Gasteiger charge is -2.17. The maximum Gasteiger partial charge on any atom is 0.197 e. The first-order valence-corrected chi connectivity index (χ1v) is 16.4. The zero-order chi connectivity index (χ0) is 24.4. The zero-order valence-electron chi connectivity index (χ0n) is 19.8. The highest BCUT2D eigenvalue weighted by Crippen LogP contribution is 2.47. The van der Waals surface area contributed by atoms with Crippen LogP contribution in [-0.2, 0) is 12.8 Å². The SMILES string of the molecule is c1ccc(OC(CC(SSc2ccccc2)SSc2ccccc2)=Nc2ccc3c(c2)CCC3)cc1. The van der Waals surface area contributed by atoms with Crippen LogP contribution in [0.2, 0.25) is 0 Å². The van der Waals surface area contributed by atoms with Gasteiger partial charge in [0.25, 0.3) is 0 Å². The average molecular weight is 546 g/mol. The standard InChI is InChI=1S/C30H27NOS4/c1-4-13-26(14-5-1)32-29(31-25-20-19-23-11-10-12-24(23)21-25)22-30(35-33-27-15-6-2-7-16-27)36-34-28-17-8-3-9-18-28/h1-9,13-21,30H,10-12,22H2. The van der Waals surface area contributed by atoms with Gasteiger partial charge in [0.05, 0.1) is 10.3 Å². The van der Waals surface area contributed by atoms with Crippen molar-refractivity contribution in [2.75, 3.05) is 0 Å². The van der Waals surface area contributed by atoms with Gasteiger partial charge in [0.15, 0.2) is 5.90 Å². The fourth-order valence-electron chi connectivity index (χ4n) is 3.90. The number of hydrogen-bond acceptors (Lipinski definition) is 6. The van der Waals surface area contributed by atoms with E-state index in [1.165, 1.54) is 33.8 Å². The van der Waals surface area contributed by atoms with E-state index >= 15 is 0 Å². The minimum absolute atomic E-state index is 0.234. The number of nitrogens with zero attached hydrogens (tertiary/aromatic N) is 1. The van der Waals surface area contributed by atoms with Crippen LogP contribution < -0.4 is 4.74 Å². The molecular formula is C30H27NOS4. The molecule has 0 fully saturated rings. The van der Waals surface area contributed by atoms with Crippen LogP contribution in [0, 0.1) is 0 Å². The van der Waals surface area contributed by atoms with Crippen LogP contribution in [0.5, 0.6) is 5.75 Å². The molecular weight excluding hydrogens is 519 g/mol. The van der Waals surface area contributed by atoms with Crippen molar-refractivity contribution in [3.8, 4) is 5.75 Å². The Kier molecular flexibility index (Phi) is 9.41. The normalized spacial score (nSPS) is 13.1. The smallest absolute Gasteiger partial charge is 0.197 e. The molecule has 0 N–H and O–H groups in total. The molecule has 36 heavy (non-hydrogen) atoms. The molecule has 0 radical (unpaired) electrons. The maximum absolute atomic E-state index is 6.38. The summed E-state index contributed by atoms with van der Waals surface area (Å²) in [6.45, 7) is 0. The van der Waals surface area contributed by atoms with Crippen molar-refractivity contribution in [1.29, 1.82) is 0 Å². The molecule has 6 heteroatoms. The quantitative estimate of drug-likeness (QED) is 0.0853. The predicted molar refractivity (Wildman–Crippen MR) is 161 cm³/mol. The van der Waals surface area contributed by atoms with E-state index in [0.717, 1.165) is 23.8 Å². The second-order valence-electron chi connectivity index (χ2n) is 8.35. The van der Waals surface area contributed by atoms with Crippen LogP contribution in [0.1, 0.15) is 24.0 Å². The lowest BCUT2D eigenvalue weighted by Crippen LogP contribution is -2.13. The van der Waals surface area contributed by atoms with Crippen molar-refractivity contribution in [2.45, 2.75) is 40.1 Å². The van der Waals surface area contributed by atoms with E-state index in [1.54, 1.807) is 21.6 Å². The van der Waals surface area contributed by atoms with E-state index in [9.17, 15) is 0 Å². The van der Waals surface area contributed by atoms with Gasteiger partial charge in [-0.25, -0.2) is 4.99 Å². The fraction of sp³-hybridized carbons (Fsp3) is 0.167. The van der Waals surface area contributed by atoms with Gasteiger partial charge in [-0.1, -0.05) is 104 Å². The summed E-state index contributed by atoms with van der Waals surface area (Å²) < 4.78 is 6.61. The number of aliphatic imine (C=N–C) groups is 1. The van der Waals surface area contributed by atoms with E-state index < -0.39 is 0 Å². The number of fused-ring (bicyclic) bond motifs is 1. The summed E-state index contributed by atoms with van der Waals surface area (Å²) in [5.41, 5.74) is 3.86. The fourth-order valence-corrected chi connectivity index (χ4v) is 9.67. The van der Waals surface area contributed by atoms with Crippen LogP contribution in [0.3, 0.4) is 0 Å². The Labute approximate surface area is 229 Å². The molecule has 182 valence electrons. The number of rotatable bonds is 10. The Morgan fingerprint density at radius 1 is 0.694 bits per heavy atom. The van der Waals surface area contributed by atoms with Crippen molar-refractivity contribution >= 4 is 54.8 Å². The van der Waals surface area contributed by atoms with Gasteiger partial charge in [0, 0.05) is 16.2 Å². The molecule has 0 saturated heterocycles. The van der Waals surface area contributed by atoms with Crippen molar-refractivity contribution in [2.24, 2.45) is 4.99 Å². The lowest BCUT2D eigenvalue weighted by molar-refractivity contribution is 0.535. The summed E-state index contributed by atoms with van der Waals surface area (Å²) in [6, 6.07) is 37.7. The summed E-state index contributed by atoms with van der Waals surface area (Å²) in [5, 5.41) is 0. The summed E-state index contributed by atoms with van der Waals surface area (Å²) in [7, 11) is 7.34. The number of benzene rings is 4. The molecule has 4 aromatic rings. The molecule has 0 heterocycles. The molecule has 0 unspecified atom stereocenters. The van der Waals surface area contributed by atoms with Gasteiger partial charge in [0.2, 0.25) is 0 Å². The van der Waals surface area contributed by atoms with Crippen LogP contribution >= 0.6 is 43.2 Å². The first-order chi connectivity index (χ1) is 17.8. The van der Waals surface area contributed by atoms with Gasteiger partial charge < -0.3 is 4.74 Å². The van der Waals surface area contributed by atoms with E-state index in [2.05, 4.69) is 78.9 Å². The van der Waals surface area contributed by atoms with Crippen LogP contribution in [-0.4, -0.2) is 10.5 Å². The third-order valence-electron chi connectivity index (χ3n) is 5.65. The van der Waals surface area contributed by atoms with Crippen LogP contribution in [0.4, 0.5) is 5.69 Å². The molecule has 1 aliphatic rings. The summed E-state index contributed by atoms with van der Waals surface area (Å²) >= 11 is 0. The molecule has 5 rings (SSSR count). The zero-order valence-corrected chi connectivity index (χ0v) is 23.1. The topological polar surface area (TPSA) is 21.6 Å². The molecule has 0 aliphatic heterocycles. The highest BCUT2D eigenvalue weighted by atomic mass is 33.1. The van der Waals surface area contributed by atoms with Crippen molar-refractivity contribution in [3.05, 3.63) is 120 Å². The third-order valence-corrected chi connectivity index (χ3v) is 12.0. The first-order valence-electron chi connectivity index (χ1n) is 12.0. The summed E-state index contributed by atoms with van der Waals surface area (Å²) in [5.74, 6) is 1.56. The van der Waals surface area contributed by atoms with Crippen molar-refractivity contribution in [3.63, 3.8) is 0 Å². The first kappa shape index (κ1) is 25.4. The largest absolute Gasteiger partial charge is 0.443 e. The van der Waals surface area contributed by atoms with Gasteiger partial charge in [-0.15, -0.1) is 0 Å². The maximum atomic E-state index is 6.38. The minimum Gasteiger partial charge on any atom is -0.443 e. The second kappa shape index (κ2) is 13.3. The van der Waals surface area contributed by atoms with Gasteiger partial charge in [-0.2, -0.15) is 0 Å². The van der Waals surface area contributed by atoms with E-state index in [1.807, 2.05) is 51.9 Å². The molecule has 0 atom stereocenters. The molecule has 0 bridgehead atoms. The van der Waals surface area contributed by atoms with Crippen LogP contribution in [0.15, 0.2) is 124 Å². The molecule has 0 spiro atoms. The van der Waals surface area contributed by atoms with Crippen molar-refractivity contribution < 1.29 is 4.74 Å². The van der Waals surface area contributed by atoms with Gasteiger partial charge in [0.1, 0.15) is 5.75 Å². The molecule has 1 aliphatic carbocycles. The average Bonchev–Trinajstić information content (AvgIpc) is 3.40. The predicted octanol–water partition coefficient (Wildman–Crippen LogP) is 9.88. The number of aryl methyl sites for hydroxylation is 2. The highest BCUT2D eigenvalue weighted by molar-refractivity contribution is 8.85. The lowest BCUT2D eigenvalue weighted by atomic mass is 10.1. The van der Waals surface area contributed by atoms with Gasteiger partial charge >= 0.3 is 0 Å². The minimum atomic E-state index is 0.234.